The van der Waals surface area contributed by atoms with Gasteiger partial charge in [-0.15, -0.1) is 0 Å². The van der Waals surface area contributed by atoms with Crippen LogP contribution in [0, 0.1) is 6.92 Å². The summed E-state index contributed by atoms with van der Waals surface area (Å²) in [5.41, 5.74) is 3.56. The number of urea groups is 1. The number of carbonyl (C=O) groups excluding carboxylic acids is 1. The predicted molar refractivity (Wildman–Crippen MR) is 136 cm³/mol. The largest absolute Gasteiger partial charge is 0.437 e. The van der Waals surface area contributed by atoms with E-state index in [0.29, 0.717) is 33.7 Å². The molecule has 2 heterocycles. The Balaban J connectivity index is 1.32. The lowest BCUT2D eigenvalue weighted by Gasteiger charge is -2.14. The van der Waals surface area contributed by atoms with Crippen molar-refractivity contribution in [3.8, 4) is 23.0 Å². The molecular formula is C26H21ClN6O2. The minimum atomic E-state index is -0.396. The normalized spacial score (nSPS) is 10.7. The van der Waals surface area contributed by atoms with E-state index in [9.17, 15) is 4.79 Å². The molecule has 0 fully saturated rings. The van der Waals surface area contributed by atoms with Crippen LogP contribution in [0.4, 0.5) is 16.2 Å². The van der Waals surface area contributed by atoms with E-state index in [1.165, 1.54) is 0 Å². The van der Waals surface area contributed by atoms with E-state index in [1.54, 1.807) is 35.4 Å². The van der Waals surface area contributed by atoms with Crippen molar-refractivity contribution in [1.82, 2.24) is 19.3 Å². The van der Waals surface area contributed by atoms with Gasteiger partial charge in [-0.25, -0.2) is 9.78 Å². The maximum Gasteiger partial charge on any atom is 0.323 e. The SMILES string of the molecule is Cc1cc(Oc2ccccc2NC(=O)Nc2ccc(-n3ccnc3)cc2)n(-c2ccccc2Cl)n1. The lowest BCUT2D eigenvalue weighted by atomic mass is 10.2. The Kier molecular flexibility index (Phi) is 6.19. The van der Waals surface area contributed by atoms with E-state index >= 15 is 0 Å². The third-order valence-electron chi connectivity index (χ3n) is 5.16. The number of aromatic nitrogens is 4. The molecule has 2 aromatic heterocycles. The Morgan fingerprint density at radius 3 is 2.51 bits per heavy atom. The summed E-state index contributed by atoms with van der Waals surface area (Å²) in [6.45, 7) is 1.87. The lowest BCUT2D eigenvalue weighted by molar-refractivity contribution is 0.262. The number of ether oxygens (including phenoxy) is 1. The number of carbonyl (C=O) groups is 1. The third kappa shape index (κ3) is 5.02. The monoisotopic (exact) mass is 484 g/mol. The van der Waals surface area contributed by atoms with Crippen LogP contribution in [0.25, 0.3) is 11.4 Å². The second kappa shape index (κ2) is 9.74. The summed E-state index contributed by atoms with van der Waals surface area (Å²) in [4.78, 5) is 16.8. The van der Waals surface area contributed by atoms with Crippen molar-refractivity contribution in [2.24, 2.45) is 0 Å². The van der Waals surface area contributed by atoms with Crippen LogP contribution in [0.2, 0.25) is 5.02 Å². The first kappa shape index (κ1) is 22.2. The zero-order valence-electron chi connectivity index (χ0n) is 18.7. The predicted octanol–water partition coefficient (Wildman–Crippen LogP) is 6.46. The van der Waals surface area contributed by atoms with Crippen molar-refractivity contribution in [2.45, 2.75) is 6.92 Å². The molecule has 9 heteroatoms. The molecule has 8 nitrogen and oxygen atoms in total. The Morgan fingerprint density at radius 2 is 1.74 bits per heavy atom. The molecule has 174 valence electrons. The van der Waals surface area contributed by atoms with E-state index in [0.717, 1.165) is 11.4 Å². The van der Waals surface area contributed by atoms with Gasteiger partial charge in [0.15, 0.2) is 5.75 Å². The van der Waals surface area contributed by atoms with Gasteiger partial charge in [0, 0.05) is 29.8 Å². The molecule has 2 amide bonds. The summed E-state index contributed by atoms with van der Waals surface area (Å²) in [6, 6.07) is 23.4. The van der Waals surface area contributed by atoms with E-state index < -0.39 is 6.03 Å². The Morgan fingerprint density at radius 1 is 0.971 bits per heavy atom. The van der Waals surface area contributed by atoms with Crippen molar-refractivity contribution in [2.75, 3.05) is 10.6 Å². The molecular weight excluding hydrogens is 464 g/mol. The number of amides is 2. The Labute approximate surface area is 206 Å². The number of rotatable bonds is 6. The molecule has 3 aromatic carbocycles. The number of hydrogen-bond donors (Lipinski definition) is 2. The molecule has 5 aromatic rings. The molecule has 0 spiro atoms. The molecule has 0 radical (unpaired) electrons. The van der Waals surface area contributed by atoms with Gasteiger partial charge in [0.25, 0.3) is 0 Å². The fraction of sp³-hybridized carbons (Fsp3) is 0.0385. The molecule has 0 bridgehead atoms. The molecule has 0 saturated heterocycles. The number of imidazole rings is 1. The van der Waals surface area contributed by atoms with Crippen LogP contribution >= 0.6 is 11.6 Å². The molecule has 2 N–H and O–H groups in total. The maximum atomic E-state index is 12.7. The average molecular weight is 485 g/mol. The number of nitrogens with one attached hydrogen (secondary N) is 2. The summed E-state index contributed by atoms with van der Waals surface area (Å²) in [5, 5.41) is 10.7. The molecule has 0 saturated carbocycles. The highest BCUT2D eigenvalue weighted by molar-refractivity contribution is 6.32. The van der Waals surface area contributed by atoms with Gasteiger partial charge in [-0.1, -0.05) is 35.9 Å². The summed E-state index contributed by atoms with van der Waals surface area (Å²) in [6.07, 6.45) is 5.28. The highest BCUT2D eigenvalue weighted by atomic mass is 35.5. The second-order valence-electron chi connectivity index (χ2n) is 7.68. The number of para-hydroxylation sites is 3. The average Bonchev–Trinajstić information content (AvgIpc) is 3.51. The number of aryl methyl sites for hydroxylation is 1. The zero-order valence-corrected chi connectivity index (χ0v) is 19.5. The molecule has 0 aliphatic rings. The minimum Gasteiger partial charge on any atom is -0.437 e. The van der Waals surface area contributed by atoms with Crippen LogP contribution < -0.4 is 15.4 Å². The van der Waals surface area contributed by atoms with E-state index in [2.05, 4.69) is 20.7 Å². The quantitative estimate of drug-likeness (QED) is 0.290. The van der Waals surface area contributed by atoms with Crippen molar-refractivity contribution in [3.63, 3.8) is 0 Å². The topological polar surface area (TPSA) is 86.0 Å². The molecule has 0 unspecified atom stereocenters. The van der Waals surface area contributed by atoms with E-state index in [4.69, 9.17) is 16.3 Å². The maximum absolute atomic E-state index is 12.7. The Bertz CT molecular complexity index is 1460. The summed E-state index contributed by atoms with van der Waals surface area (Å²) >= 11 is 6.37. The first-order chi connectivity index (χ1) is 17.1. The second-order valence-corrected chi connectivity index (χ2v) is 8.09. The van der Waals surface area contributed by atoms with Gasteiger partial charge in [-0.2, -0.15) is 9.78 Å². The highest BCUT2D eigenvalue weighted by Crippen LogP contribution is 2.32. The number of halogens is 1. The van der Waals surface area contributed by atoms with Crippen molar-refractivity contribution in [3.05, 3.63) is 108 Å². The van der Waals surface area contributed by atoms with Gasteiger partial charge in [-0.3, -0.25) is 0 Å². The smallest absolute Gasteiger partial charge is 0.323 e. The van der Waals surface area contributed by atoms with Gasteiger partial charge >= 0.3 is 6.03 Å². The Hall–Kier alpha value is -4.56. The standard InChI is InChI=1S/C26H21ClN6O2/c1-18-16-25(33(31-18)23-8-4-2-6-21(23)27)35-24-9-5-3-7-22(24)30-26(34)29-19-10-12-20(13-11-19)32-15-14-28-17-32/h2-17H,1H3,(H2,29,30,34). The van der Waals surface area contributed by atoms with Crippen molar-refractivity contribution < 1.29 is 9.53 Å². The molecule has 5 rings (SSSR count). The van der Waals surface area contributed by atoms with Gasteiger partial charge in [0.05, 0.1) is 28.4 Å². The first-order valence-corrected chi connectivity index (χ1v) is 11.2. The fourth-order valence-electron chi connectivity index (χ4n) is 3.53. The van der Waals surface area contributed by atoms with Gasteiger partial charge in [0.2, 0.25) is 5.88 Å². The molecule has 0 aliphatic carbocycles. The summed E-state index contributed by atoms with van der Waals surface area (Å²) in [5.74, 6) is 0.937. The van der Waals surface area contributed by atoms with Crippen molar-refractivity contribution >= 4 is 29.0 Å². The van der Waals surface area contributed by atoms with Crippen LogP contribution in [-0.4, -0.2) is 25.4 Å². The zero-order chi connectivity index (χ0) is 24.2. The number of nitrogens with zero attached hydrogens (tertiary/aromatic N) is 4. The van der Waals surface area contributed by atoms with Gasteiger partial charge < -0.3 is 19.9 Å². The van der Waals surface area contributed by atoms with E-state index in [-0.39, 0.29) is 0 Å². The molecule has 35 heavy (non-hydrogen) atoms. The molecule has 0 atom stereocenters. The van der Waals surface area contributed by atoms with E-state index in [1.807, 2.05) is 78.4 Å². The first-order valence-electron chi connectivity index (χ1n) is 10.8. The molecule has 0 aliphatic heterocycles. The van der Waals surface area contributed by atoms with Gasteiger partial charge in [0.1, 0.15) is 0 Å². The van der Waals surface area contributed by atoms with Crippen molar-refractivity contribution in [1.29, 1.82) is 0 Å². The van der Waals surface area contributed by atoms with Crippen LogP contribution in [-0.2, 0) is 0 Å². The van der Waals surface area contributed by atoms with Crippen LogP contribution in [0.3, 0.4) is 0 Å². The highest BCUT2D eigenvalue weighted by Gasteiger charge is 2.15. The number of hydrogen-bond acceptors (Lipinski definition) is 4. The fourth-order valence-corrected chi connectivity index (χ4v) is 3.75. The lowest BCUT2D eigenvalue weighted by Crippen LogP contribution is -2.19. The summed E-state index contributed by atoms with van der Waals surface area (Å²) < 4.78 is 9.69. The van der Waals surface area contributed by atoms with Crippen LogP contribution in [0.15, 0.2) is 97.6 Å². The number of anilines is 2. The van der Waals surface area contributed by atoms with Crippen LogP contribution in [0.5, 0.6) is 11.6 Å². The third-order valence-corrected chi connectivity index (χ3v) is 5.48. The van der Waals surface area contributed by atoms with Gasteiger partial charge in [-0.05, 0) is 55.5 Å². The van der Waals surface area contributed by atoms with Crippen LogP contribution in [0.1, 0.15) is 5.69 Å². The minimum absolute atomic E-state index is 0.396. The number of benzene rings is 3. The summed E-state index contributed by atoms with van der Waals surface area (Å²) in [7, 11) is 0.